The van der Waals surface area contributed by atoms with E-state index in [2.05, 4.69) is 181 Å². The molecule has 6 heteroatoms. The number of benzene rings is 4. The highest BCUT2D eigenvalue weighted by molar-refractivity contribution is 5.87. The number of nitrogen functional groups attached to an aromatic ring is 1. The number of pyridine rings is 2. The first-order valence-electron chi connectivity index (χ1n) is 24.4. The van der Waals surface area contributed by atoms with E-state index in [0.717, 1.165) is 60.3 Å². The van der Waals surface area contributed by atoms with Crippen LogP contribution in [0.5, 0.6) is 5.75 Å². The normalized spacial score (nSPS) is 13.1. The number of aryl methyl sites for hydroxylation is 5. The lowest BCUT2D eigenvalue weighted by Gasteiger charge is -2.37. The molecule has 1 unspecified atom stereocenters. The van der Waals surface area contributed by atoms with E-state index in [-0.39, 0.29) is 10.8 Å². The molecule has 0 saturated carbocycles. The Hall–Kier alpha value is -4.78. The number of anilines is 1. The van der Waals surface area contributed by atoms with Crippen LogP contribution in [0.25, 0.3) is 21.8 Å². The summed E-state index contributed by atoms with van der Waals surface area (Å²) in [6.07, 6.45) is 12.3. The van der Waals surface area contributed by atoms with Crippen LogP contribution < -0.4 is 19.6 Å². The Kier molecular flexibility index (Phi) is 17.0. The van der Waals surface area contributed by atoms with Crippen LogP contribution in [-0.2, 0) is 36.2 Å². The molecule has 4 aromatic carbocycles. The van der Waals surface area contributed by atoms with Crippen LogP contribution in [0.4, 0.5) is 5.69 Å². The average Bonchev–Trinajstić information content (AvgIpc) is 3.24. The van der Waals surface area contributed by atoms with Gasteiger partial charge in [-0.05, 0) is 84.4 Å². The molecule has 0 aliphatic rings. The molecule has 0 fully saturated rings. The predicted octanol–water partition coefficient (Wildman–Crippen LogP) is 12.5. The summed E-state index contributed by atoms with van der Waals surface area (Å²) in [5.74, 6) is 0.900. The quantitative estimate of drug-likeness (QED) is 0.0375. The fraction of sp³-hybridized carbons (Fsp3) is 0.483. The topological polar surface area (TPSA) is 52.2 Å². The maximum atomic E-state index is 6.31. The van der Waals surface area contributed by atoms with E-state index in [1.54, 1.807) is 0 Å². The van der Waals surface area contributed by atoms with E-state index >= 15 is 0 Å². The summed E-state index contributed by atoms with van der Waals surface area (Å²) in [5, 5.41) is 2.54. The minimum atomic E-state index is -0.0310. The number of quaternary nitrogens is 1. The van der Waals surface area contributed by atoms with Crippen LogP contribution in [0.1, 0.15) is 119 Å². The molecule has 2 N–H and O–H groups in total. The van der Waals surface area contributed by atoms with E-state index < -0.39 is 0 Å². The van der Waals surface area contributed by atoms with Gasteiger partial charge in [0.25, 0.3) is 0 Å². The van der Waals surface area contributed by atoms with Gasteiger partial charge < -0.3 is 19.7 Å². The second-order valence-electron chi connectivity index (χ2n) is 21.0. The Morgan fingerprint density at radius 1 is 0.578 bits per heavy atom. The fourth-order valence-corrected chi connectivity index (χ4v) is 10.3. The second-order valence-corrected chi connectivity index (χ2v) is 21.0. The predicted molar refractivity (Wildman–Crippen MR) is 269 cm³/mol. The number of rotatable bonds is 24. The van der Waals surface area contributed by atoms with Gasteiger partial charge in [0.2, 0.25) is 11.0 Å². The number of hydrogen-bond donors (Lipinski definition) is 1. The third-order valence-corrected chi connectivity index (χ3v) is 13.3. The van der Waals surface area contributed by atoms with Crippen molar-refractivity contribution in [1.82, 2.24) is 0 Å². The first kappa shape index (κ1) is 48.7. The van der Waals surface area contributed by atoms with Gasteiger partial charge >= 0.3 is 0 Å². The summed E-state index contributed by atoms with van der Waals surface area (Å²) in [7, 11) is 4.52. The minimum Gasteiger partial charge on any atom is -0.491 e. The minimum absolute atomic E-state index is 0.0310. The number of ether oxygens (including phenoxy) is 2. The number of fused-ring (bicyclic) bond motifs is 2. The Morgan fingerprint density at radius 2 is 1.17 bits per heavy atom. The largest absolute Gasteiger partial charge is 0.491 e. The zero-order valence-electron chi connectivity index (χ0n) is 41.1. The van der Waals surface area contributed by atoms with Gasteiger partial charge in [-0.15, -0.1) is 0 Å². The molecule has 0 bridgehead atoms. The Balaban J connectivity index is 0.967. The maximum Gasteiger partial charge on any atom is 0.214 e. The number of hydrogen-bond acceptors (Lipinski definition) is 3. The van der Waals surface area contributed by atoms with Crippen molar-refractivity contribution in [3.63, 3.8) is 0 Å². The fourth-order valence-electron chi connectivity index (χ4n) is 10.3. The molecule has 6 rings (SSSR count). The number of nitrogens with zero attached hydrogens (tertiary/aromatic N) is 3. The molecule has 64 heavy (non-hydrogen) atoms. The van der Waals surface area contributed by atoms with E-state index in [9.17, 15) is 0 Å². The average molecular weight is 866 g/mol. The zero-order valence-corrected chi connectivity index (χ0v) is 41.1. The second kappa shape index (κ2) is 22.4. The van der Waals surface area contributed by atoms with Crippen molar-refractivity contribution in [3.8, 4) is 5.75 Å². The van der Waals surface area contributed by atoms with E-state index in [0.29, 0.717) is 19.8 Å². The first-order chi connectivity index (χ1) is 30.6. The van der Waals surface area contributed by atoms with Crippen LogP contribution in [0.15, 0.2) is 109 Å². The van der Waals surface area contributed by atoms with Crippen molar-refractivity contribution in [1.29, 1.82) is 0 Å². The van der Waals surface area contributed by atoms with Gasteiger partial charge in [0, 0.05) is 61.9 Å². The number of unbranched alkanes of at least 4 members (excludes halogenated alkanes) is 7. The highest BCUT2D eigenvalue weighted by Gasteiger charge is 2.33. The molecule has 0 spiro atoms. The van der Waals surface area contributed by atoms with Crippen molar-refractivity contribution in [2.45, 2.75) is 138 Å². The summed E-state index contributed by atoms with van der Waals surface area (Å²) in [6.45, 7) is 22.2. The van der Waals surface area contributed by atoms with Gasteiger partial charge in [-0.3, -0.25) is 0 Å². The summed E-state index contributed by atoms with van der Waals surface area (Å²) >= 11 is 0. The van der Waals surface area contributed by atoms with Crippen LogP contribution in [0.2, 0.25) is 0 Å². The molecule has 6 nitrogen and oxygen atoms in total. The van der Waals surface area contributed by atoms with Crippen LogP contribution in [0, 0.1) is 26.2 Å². The highest BCUT2D eigenvalue weighted by Crippen LogP contribution is 2.40. The van der Waals surface area contributed by atoms with Gasteiger partial charge in [0.15, 0.2) is 11.4 Å². The van der Waals surface area contributed by atoms with Gasteiger partial charge in [-0.25, -0.2) is 0 Å². The number of para-hydroxylation sites is 1. The molecule has 2 heterocycles. The lowest BCUT2D eigenvalue weighted by atomic mass is 9.68. The molecule has 1 atom stereocenters. The lowest BCUT2D eigenvalue weighted by molar-refractivity contribution is -0.904. The smallest absolute Gasteiger partial charge is 0.214 e. The lowest BCUT2D eigenvalue weighted by Crippen LogP contribution is -2.41. The van der Waals surface area contributed by atoms with Gasteiger partial charge in [0.05, 0.1) is 38.4 Å². The third kappa shape index (κ3) is 13.9. The van der Waals surface area contributed by atoms with Crippen LogP contribution >= 0.6 is 0 Å². The summed E-state index contributed by atoms with van der Waals surface area (Å²) in [4.78, 5) is 0. The van der Waals surface area contributed by atoms with E-state index in [1.807, 2.05) is 0 Å². The van der Waals surface area contributed by atoms with Crippen molar-refractivity contribution in [3.05, 3.63) is 143 Å². The molecule has 0 aliphatic heterocycles. The molecule has 6 aromatic rings. The highest BCUT2D eigenvalue weighted by atomic mass is 16.5. The summed E-state index contributed by atoms with van der Waals surface area (Å²) < 4.78 is 18.1. The molecular weight excluding hydrogens is 785 g/mol. The Morgan fingerprint density at radius 3 is 1.83 bits per heavy atom. The molecule has 2 aromatic heterocycles. The van der Waals surface area contributed by atoms with E-state index in [4.69, 9.17) is 15.2 Å². The number of nitrogens with two attached hydrogens (primary N) is 1. The zero-order chi connectivity index (χ0) is 45.7. The van der Waals surface area contributed by atoms with Crippen LogP contribution in [-0.4, -0.2) is 44.9 Å². The van der Waals surface area contributed by atoms with Crippen molar-refractivity contribution >= 4 is 27.5 Å². The standard InChI is InChI=1S/C58H80N4O2/c1-45-39-46(2)60(33-21-14-12-10-11-13-15-22-34-61-47(3)40-54(59)52-25-19-20-26-55(52)61)56-32-27-49(41-53(45)56)42-58(7,44-57(4,5)6)50-28-30-51(31-29-50)64-38-37-63-36-35-62(8,9)43-48-23-17-16-18-24-48/h16-20,23-32,39-41,59H,10-15,21-22,33-38,42-44H2,1-9H3/q+2/p+1. The maximum absolute atomic E-state index is 6.31. The molecule has 0 aliphatic carbocycles. The molecule has 342 valence electrons. The van der Waals surface area contributed by atoms with Crippen molar-refractivity contribution in [2.24, 2.45) is 5.41 Å². The monoisotopic (exact) mass is 866 g/mol. The molecule has 0 radical (unpaired) electrons. The van der Waals surface area contributed by atoms with Crippen molar-refractivity contribution < 1.29 is 23.1 Å². The van der Waals surface area contributed by atoms with Crippen molar-refractivity contribution in [2.75, 3.05) is 46.2 Å². The Labute approximate surface area is 387 Å². The first-order valence-corrected chi connectivity index (χ1v) is 24.4. The summed E-state index contributed by atoms with van der Waals surface area (Å²) in [6, 6.07) is 39.9. The third-order valence-electron chi connectivity index (χ3n) is 13.3. The number of likely N-dealkylation sites (N-methyl/N-ethyl adjacent to an activating group) is 1. The van der Waals surface area contributed by atoms with Crippen LogP contribution in [0.3, 0.4) is 0 Å². The van der Waals surface area contributed by atoms with Gasteiger partial charge in [-0.1, -0.05) is 114 Å². The molecular formula is C58H81N4O2+3. The van der Waals surface area contributed by atoms with E-state index in [1.165, 1.54) is 101 Å². The Bertz CT molecular complexity index is 2400. The number of aromatic nitrogens is 2. The summed E-state index contributed by atoms with van der Waals surface area (Å²) in [5.41, 5.74) is 18.0. The molecule has 0 saturated heterocycles. The van der Waals surface area contributed by atoms with Gasteiger partial charge in [0.1, 0.15) is 38.5 Å². The SMILES string of the molecule is Cc1cc(C)[n+](CCCCCCCCCC[n+]2c(C)cc(N)c3ccccc32)c2ccc(CC(C)(CC(C)(C)C)c3ccc(OCCOCC[N+](C)(C)Cc4ccccc4)cc3)cc12. The molecule has 0 amide bonds. The van der Waals surface area contributed by atoms with Gasteiger partial charge in [-0.2, -0.15) is 9.13 Å².